The first-order valence-corrected chi connectivity index (χ1v) is 12.7. The van der Waals surface area contributed by atoms with E-state index in [4.69, 9.17) is 14.2 Å². The van der Waals surface area contributed by atoms with Gasteiger partial charge in [0.1, 0.15) is 23.5 Å². The molecule has 0 saturated heterocycles. The standard InChI is InChI=1S/C28H21FN2O7.C2H6/c1-2-36-28(35)21-25(37-15-17-6-4-3-5-7-17)22-23-24(38-20(27(33)34)14-31(23)26(21)32)18(13-30-22)12-16-8-10-19(29)11-9-16;1-2/h3-11,13-14H,2,12,15H2,1H3,(H,33,34);1-2H3. The largest absolute Gasteiger partial charge is 0.485 e. The van der Waals surface area contributed by atoms with Crippen LogP contribution in [0.3, 0.4) is 0 Å². The maximum atomic E-state index is 13.6. The Hall–Kier alpha value is -4.99. The van der Waals surface area contributed by atoms with Crippen LogP contribution >= 0.6 is 0 Å². The topological polar surface area (TPSA) is 117 Å². The summed E-state index contributed by atoms with van der Waals surface area (Å²) >= 11 is 0. The molecule has 206 valence electrons. The molecule has 9 nitrogen and oxygen atoms in total. The molecular weight excluding hydrogens is 519 g/mol. The number of aromatic nitrogens is 2. The van der Waals surface area contributed by atoms with Crippen molar-refractivity contribution >= 4 is 29.2 Å². The second-order valence-electron chi connectivity index (χ2n) is 8.39. The monoisotopic (exact) mass is 546 g/mol. The molecule has 5 rings (SSSR count). The van der Waals surface area contributed by atoms with Gasteiger partial charge in [-0.2, -0.15) is 0 Å². The van der Waals surface area contributed by atoms with Crippen LogP contribution in [-0.2, 0) is 22.6 Å². The Bertz CT molecular complexity index is 1650. The van der Waals surface area contributed by atoms with E-state index >= 15 is 0 Å². The van der Waals surface area contributed by atoms with Gasteiger partial charge in [-0.3, -0.25) is 14.3 Å². The average molecular weight is 547 g/mol. The lowest BCUT2D eigenvalue weighted by Crippen LogP contribution is -2.30. The quantitative estimate of drug-likeness (QED) is 0.301. The van der Waals surface area contributed by atoms with Crippen LogP contribution in [-0.4, -0.2) is 33.2 Å². The number of halogens is 1. The van der Waals surface area contributed by atoms with E-state index < -0.39 is 34.6 Å². The molecule has 3 heterocycles. The molecule has 4 aromatic rings. The number of rotatable bonds is 8. The van der Waals surface area contributed by atoms with E-state index in [-0.39, 0.29) is 42.2 Å². The van der Waals surface area contributed by atoms with Crippen LogP contribution in [0.25, 0.3) is 17.2 Å². The lowest BCUT2D eigenvalue weighted by molar-refractivity contribution is -0.134. The number of pyridine rings is 2. The van der Waals surface area contributed by atoms with E-state index in [1.165, 1.54) is 18.3 Å². The lowest BCUT2D eigenvalue weighted by Gasteiger charge is -2.23. The SMILES string of the molecule is CC.CCOC(=O)c1c(OCc2ccccc2)c2ncc(Cc3ccc(F)cc3)c3c2n(c1=O)C=C(C(=O)O)O3. The van der Waals surface area contributed by atoms with Gasteiger partial charge in [-0.05, 0) is 30.2 Å². The number of hydrogen-bond acceptors (Lipinski definition) is 7. The molecule has 2 aromatic carbocycles. The molecule has 40 heavy (non-hydrogen) atoms. The number of carbonyl (C=O) groups excluding carboxylic acids is 1. The molecule has 0 aliphatic carbocycles. The number of esters is 1. The zero-order valence-electron chi connectivity index (χ0n) is 22.1. The number of nitrogens with zero attached hydrogens (tertiary/aromatic N) is 2. The summed E-state index contributed by atoms with van der Waals surface area (Å²) in [7, 11) is 0. The minimum atomic E-state index is -1.41. The van der Waals surface area contributed by atoms with Crippen molar-refractivity contribution in [2.24, 2.45) is 0 Å². The zero-order valence-corrected chi connectivity index (χ0v) is 22.1. The van der Waals surface area contributed by atoms with Crippen molar-refractivity contribution in [3.63, 3.8) is 0 Å². The fourth-order valence-corrected chi connectivity index (χ4v) is 4.14. The van der Waals surface area contributed by atoms with Crippen molar-refractivity contribution in [1.82, 2.24) is 9.55 Å². The zero-order chi connectivity index (χ0) is 28.8. The van der Waals surface area contributed by atoms with Gasteiger partial charge in [0.2, 0.25) is 5.76 Å². The van der Waals surface area contributed by atoms with E-state index in [2.05, 4.69) is 4.98 Å². The number of ether oxygens (including phenoxy) is 3. The third kappa shape index (κ3) is 5.56. The highest BCUT2D eigenvalue weighted by molar-refractivity contribution is 6.02. The van der Waals surface area contributed by atoms with Crippen LogP contribution in [0.2, 0.25) is 0 Å². The summed E-state index contributed by atoms with van der Waals surface area (Å²) < 4.78 is 31.3. The van der Waals surface area contributed by atoms with Gasteiger partial charge in [-0.15, -0.1) is 0 Å². The summed E-state index contributed by atoms with van der Waals surface area (Å²) in [6.07, 6.45) is 2.65. The number of carbonyl (C=O) groups is 2. The number of benzene rings is 2. The number of aliphatic carboxylic acids is 1. The smallest absolute Gasteiger partial charge is 0.373 e. The molecule has 10 heteroatoms. The van der Waals surface area contributed by atoms with E-state index in [9.17, 15) is 23.9 Å². The Morgan fingerprint density at radius 1 is 1.05 bits per heavy atom. The highest BCUT2D eigenvalue weighted by atomic mass is 19.1. The third-order valence-electron chi connectivity index (χ3n) is 5.88. The number of carboxylic acids is 1. The lowest BCUT2D eigenvalue weighted by atomic mass is 10.0. The Labute approximate surface area is 229 Å². The fraction of sp³-hybridized carbons (Fsp3) is 0.200. The molecule has 1 N–H and O–H groups in total. The number of carboxylic acid groups (broad SMARTS) is 1. The maximum Gasteiger partial charge on any atom is 0.373 e. The van der Waals surface area contributed by atoms with Crippen molar-refractivity contribution in [2.75, 3.05) is 6.61 Å². The van der Waals surface area contributed by atoms with Gasteiger partial charge in [0.25, 0.3) is 5.56 Å². The Kier molecular flexibility index (Phi) is 8.58. The maximum absolute atomic E-state index is 13.6. The van der Waals surface area contributed by atoms with Crippen LogP contribution < -0.4 is 15.0 Å². The first-order valence-electron chi connectivity index (χ1n) is 12.7. The minimum Gasteiger partial charge on any atom is -0.485 e. The van der Waals surface area contributed by atoms with Crippen LogP contribution in [0.1, 0.15) is 47.8 Å². The molecule has 0 fully saturated rings. The summed E-state index contributed by atoms with van der Waals surface area (Å²) in [4.78, 5) is 42.9. The van der Waals surface area contributed by atoms with Crippen molar-refractivity contribution < 1.29 is 33.3 Å². The predicted molar refractivity (Wildman–Crippen MR) is 146 cm³/mol. The van der Waals surface area contributed by atoms with E-state index in [1.807, 2.05) is 44.2 Å². The average Bonchev–Trinajstić information content (AvgIpc) is 2.97. The highest BCUT2D eigenvalue weighted by Gasteiger charge is 2.32. The minimum absolute atomic E-state index is 0.00302. The molecule has 1 aliphatic heterocycles. The fourth-order valence-electron chi connectivity index (χ4n) is 4.14. The van der Waals surface area contributed by atoms with Crippen molar-refractivity contribution in [1.29, 1.82) is 0 Å². The van der Waals surface area contributed by atoms with Gasteiger partial charge < -0.3 is 19.3 Å². The highest BCUT2D eigenvalue weighted by Crippen LogP contribution is 2.39. The normalized spacial score (nSPS) is 11.6. The first-order chi connectivity index (χ1) is 19.4. The van der Waals surface area contributed by atoms with Crippen molar-refractivity contribution in [2.45, 2.75) is 33.8 Å². The van der Waals surface area contributed by atoms with E-state index in [1.54, 1.807) is 19.1 Å². The second kappa shape index (κ2) is 12.2. The van der Waals surface area contributed by atoms with Gasteiger partial charge in [-0.1, -0.05) is 56.3 Å². The molecule has 0 unspecified atom stereocenters. The van der Waals surface area contributed by atoms with Gasteiger partial charge >= 0.3 is 11.9 Å². The van der Waals surface area contributed by atoms with Crippen LogP contribution in [0.4, 0.5) is 4.39 Å². The Balaban J connectivity index is 0.00000181. The summed E-state index contributed by atoms with van der Waals surface area (Å²) in [6.45, 7) is 5.62. The van der Waals surface area contributed by atoms with E-state index in [0.717, 1.165) is 16.3 Å². The van der Waals surface area contributed by atoms with Crippen LogP contribution in [0.15, 0.2) is 71.3 Å². The van der Waals surface area contributed by atoms with Gasteiger partial charge in [0, 0.05) is 18.2 Å². The molecule has 0 amide bonds. The summed E-state index contributed by atoms with van der Waals surface area (Å²) in [6, 6.07) is 14.9. The van der Waals surface area contributed by atoms with Crippen LogP contribution in [0, 0.1) is 5.82 Å². The van der Waals surface area contributed by atoms with E-state index in [0.29, 0.717) is 11.1 Å². The first kappa shape index (κ1) is 28.0. The second-order valence-corrected chi connectivity index (χ2v) is 8.39. The summed E-state index contributed by atoms with van der Waals surface area (Å²) in [5.41, 5.74) is 0.923. The molecule has 0 radical (unpaired) electrons. The molecule has 1 aliphatic rings. The third-order valence-corrected chi connectivity index (χ3v) is 5.88. The molecule has 0 atom stereocenters. The number of hydrogen-bond donors (Lipinski definition) is 1. The van der Waals surface area contributed by atoms with Gasteiger partial charge in [0.15, 0.2) is 17.1 Å². The molecule has 0 saturated carbocycles. The Morgan fingerprint density at radius 3 is 2.40 bits per heavy atom. The van der Waals surface area contributed by atoms with Crippen molar-refractivity contribution in [3.8, 4) is 11.5 Å². The van der Waals surface area contributed by atoms with Gasteiger partial charge in [-0.25, -0.2) is 14.0 Å². The molecule has 0 spiro atoms. The Morgan fingerprint density at radius 2 is 1.75 bits per heavy atom. The molecular formula is C30H27FN2O7. The van der Waals surface area contributed by atoms with Gasteiger partial charge in [0.05, 0.1) is 12.8 Å². The van der Waals surface area contributed by atoms with Crippen molar-refractivity contribution in [3.05, 3.63) is 105 Å². The molecule has 0 bridgehead atoms. The molecule has 2 aromatic heterocycles. The van der Waals surface area contributed by atoms with Crippen LogP contribution in [0.5, 0.6) is 11.5 Å². The summed E-state index contributed by atoms with van der Waals surface area (Å²) in [5, 5.41) is 9.67. The predicted octanol–water partition coefficient (Wildman–Crippen LogP) is 5.18. The summed E-state index contributed by atoms with van der Waals surface area (Å²) in [5.74, 6) is -3.31.